The topological polar surface area (TPSA) is 113 Å². The van der Waals surface area contributed by atoms with Crippen LogP contribution in [0.25, 0.3) is 0 Å². The second-order valence-electron chi connectivity index (χ2n) is 4.44. The number of benzene rings is 1. The largest absolute Gasteiger partial charge is 0.507 e. The van der Waals surface area contributed by atoms with Crippen molar-refractivity contribution in [2.24, 2.45) is 11.7 Å². The van der Waals surface area contributed by atoms with E-state index < -0.39 is 17.8 Å². The van der Waals surface area contributed by atoms with E-state index in [1.54, 1.807) is 0 Å². The van der Waals surface area contributed by atoms with Crippen LogP contribution in [0.2, 0.25) is 0 Å². The predicted molar refractivity (Wildman–Crippen MR) is 71.1 cm³/mol. The number of aromatic carboxylic acids is 1. The van der Waals surface area contributed by atoms with Crippen molar-refractivity contribution in [3.05, 3.63) is 23.8 Å². The summed E-state index contributed by atoms with van der Waals surface area (Å²) >= 11 is 0. The average molecular weight is 266 g/mol. The summed E-state index contributed by atoms with van der Waals surface area (Å²) in [5.41, 5.74) is 5.86. The first-order valence-electron chi connectivity index (χ1n) is 5.99. The Morgan fingerprint density at radius 1 is 1.42 bits per heavy atom. The molecule has 0 saturated heterocycles. The third-order valence-electron chi connectivity index (χ3n) is 3.06. The number of hydrogen-bond acceptors (Lipinski definition) is 4. The number of carboxylic acids is 1. The van der Waals surface area contributed by atoms with Crippen LogP contribution in [0.15, 0.2) is 18.2 Å². The van der Waals surface area contributed by atoms with E-state index in [-0.39, 0.29) is 17.4 Å². The number of carbonyl (C=O) groups excluding carboxylic acids is 1. The molecule has 1 unspecified atom stereocenters. The van der Waals surface area contributed by atoms with Gasteiger partial charge in [0.25, 0.3) is 0 Å². The summed E-state index contributed by atoms with van der Waals surface area (Å²) in [6.45, 7) is 3.81. The summed E-state index contributed by atoms with van der Waals surface area (Å²) in [4.78, 5) is 22.5. The van der Waals surface area contributed by atoms with Gasteiger partial charge in [0.1, 0.15) is 11.3 Å². The molecule has 0 heterocycles. The Labute approximate surface area is 111 Å². The molecule has 0 aromatic heterocycles. The summed E-state index contributed by atoms with van der Waals surface area (Å²) in [5.74, 6) is -1.96. The van der Waals surface area contributed by atoms with E-state index in [0.29, 0.717) is 5.69 Å². The minimum Gasteiger partial charge on any atom is -0.507 e. The summed E-state index contributed by atoms with van der Waals surface area (Å²) in [6, 6.07) is 3.17. The number of rotatable bonds is 5. The molecule has 0 aliphatic heterocycles. The zero-order chi connectivity index (χ0) is 14.6. The van der Waals surface area contributed by atoms with E-state index >= 15 is 0 Å². The lowest BCUT2D eigenvalue weighted by Crippen LogP contribution is -2.40. The van der Waals surface area contributed by atoms with E-state index in [1.165, 1.54) is 18.2 Å². The molecule has 6 nitrogen and oxygen atoms in total. The minimum absolute atomic E-state index is 0.0342. The van der Waals surface area contributed by atoms with Crippen molar-refractivity contribution in [2.45, 2.75) is 26.3 Å². The van der Waals surface area contributed by atoms with Crippen LogP contribution in [-0.4, -0.2) is 28.1 Å². The summed E-state index contributed by atoms with van der Waals surface area (Å²) in [7, 11) is 0. The zero-order valence-corrected chi connectivity index (χ0v) is 10.9. The first kappa shape index (κ1) is 15.0. The highest BCUT2D eigenvalue weighted by molar-refractivity contribution is 5.96. The molecular weight excluding hydrogens is 248 g/mol. The monoisotopic (exact) mass is 266 g/mol. The van der Waals surface area contributed by atoms with Gasteiger partial charge in [-0.2, -0.15) is 0 Å². The van der Waals surface area contributed by atoms with Gasteiger partial charge in [0.05, 0.1) is 6.04 Å². The van der Waals surface area contributed by atoms with E-state index in [2.05, 4.69) is 5.32 Å². The second-order valence-corrected chi connectivity index (χ2v) is 4.44. The molecule has 104 valence electrons. The summed E-state index contributed by atoms with van der Waals surface area (Å²) in [6.07, 6.45) is 0.776. The molecule has 0 spiro atoms. The summed E-state index contributed by atoms with van der Waals surface area (Å²) < 4.78 is 0. The molecule has 0 bridgehead atoms. The number of carboxylic acid groups (broad SMARTS) is 1. The van der Waals surface area contributed by atoms with Crippen LogP contribution >= 0.6 is 0 Å². The Morgan fingerprint density at radius 2 is 2.05 bits per heavy atom. The van der Waals surface area contributed by atoms with Gasteiger partial charge in [-0.3, -0.25) is 4.79 Å². The number of nitrogens with one attached hydrogen (secondary N) is 1. The standard InChI is InChI=1S/C13H18N2O4/c1-3-7(2)11(14)12(17)15-8-4-5-9(13(18)19)10(16)6-8/h4-7,11,16H,3,14H2,1-2H3,(H,15,17)(H,18,19)/t7?,11-/m0/s1. The van der Waals surface area contributed by atoms with Gasteiger partial charge >= 0.3 is 5.97 Å². The van der Waals surface area contributed by atoms with Crippen LogP contribution in [0.5, 0.6) is 5.75 Å². The number of phenols is 1. The lowest BCUT2D eigenvalue weighted by atomic mass is 9.99. The molecule has 0 saturated carbocycles. The maximum absolute atomic E-state index is 11.8. The lowest BCUT2D eigenvalue weighted by Gasteiger charge is -2.17. The van der Waals surface area contributed by atoms with Gasteiger partial charge in [0, 0.05) is 11.8 Å². The fraction of sp³-hybridized carbons (Fsp3) is 0.385. The molecule has 0 radical (unpaired) electrons. The molecule has 19 heavy (non-hydrogen) atoms. The van der Waals surface area contributed by atoms with Crippen LogP contribution in [0.4, 0.5) is 5.69 Å². The summed E-state index contributed by atoms with van der Waals surface area (Å²) in [5, 5.41) is 20.8. The fourth-order valence-corrected chi connectivity index (χ4v) is 1.53. The maximum Gasteiger partial charge on any atom is 0.339 e. The van der Waals surface area contributed by atoms with Crippen molar-refractivity contribution in [3.8, 4) is 5.75 Å². The van der Waals surface area contributed by atoms with Crippen LogP contribution < -0.4 is 11.1 Å². The fourth-order valence-electron chi connectivity index (χ4n) is 1.53. The van der Waals surface area contributed by atoms with Crippen LogP contribution in [0, 0.1) is 5.92 Å². The Hall–Kier alpha value is -2.08. The number of amides is 1. The molecule has 2 atom stereocenters. The molecular formula is C13H18N2O4. The Balaban J connectivity index is 2.81. The van der Waals surface area contributed by atoms with Crippen molar-refractivity contribution >= 4 is 17.6 Å². The Morgan fingerprint density at radius 3 is 2.53 bits per heavy atom. The van der Waals surface area contributed by atoms with Gasteiger partial charge in [-0.1, -0.05) is 20.3 Å². The minimum atomic E-state index is -1.23. The van der Waals surface area contributed by atoms with E-state index in [4.69, 9.17) is 10.8 Å². The van der Waals surface area contributed by atoms with Gasteiger partial charge in [-0.25, -0.2) is 4.79 Å². The third kappa shape index (κ3) is 3.69. The number of carbonyl (C=O) groups is 2. The SMILES string of the molecule is CCC(C)[C@H](N)C(=O)Nc1ccc(C(=O)O)c(O)c1. The van der Waals surface area contributed by atoms with E-state index in [9.17, 15) is 14.7 Å². The molecule has 0 fully saturated rings. The van der Waals surface area contributed by atoms with Gasteiger partial charge < -0.3 is 21.3 Å². The number of aromatic hydroxyl groups is 1. The third-order valence-corrected chi connectivity index (χ3v) is 3.06. The van der Waals surface area contributed by atoms with Gasteiger partial charge in [0.15, 0.2) is 0 Å². The van der Waals surface area contributed by atoms with Crippen molar-refractivity contribution in [2.75, 3.05) is 5.32 Å². The Kier molecular flexibility index (Phi) is 4.88. The maximum atomic E-state index is 11.8. The highest BCUT2D eigenvalue weighted by Gasteiger charge is 2.20. The zero-order valence-electron chi connectivity index (χ0n) is 10.9. The van der Waals surface area contributed by atoms with Gasteiger partial charge in [-0.05, 0) is 18.1 Å². The molecule has 1 amide bonds. The van der Waals surface area contributed by atoms with Crippen LogP contribution in [0.3, 0.4) is 0 Å². The van der Waals surface area contributed by atoms with Crippen molar-refractivity contribution in [1.29, 1.82) is 0 Å². The molecule has 1 rings (SSSR count). The molecule has 0 aliphatic carbocycles. The molecule has 1 aromatic rings. The number of nitrogens with two attached hydrogens (primary N) is 1. The Bertz CT molecular complexity index is 488. The van der Waals surface area contributed by atoms with Crippen LogP contribution in [0.1, 0.15) is 30.6 Å². The molecule has 1 aromatic carbocycles. The van der Waals surface area contributed by atoms with Crippen molar-refractivity contribution in [3.63, 3.8) is 0 Å². The average Bonchev–Trinajstić information content (AvgIpc) is 2.36. The molecule has 5 N–H and O–H groups in total. The van der Waals surface area contributed by atoms with E-state index in [0.717, 1.165) is 6.42 Å². The quantitative estimate of drug-likeness (QED) is 0.643. The van der Waals surface area contributed by atoms with E-state index in [1.807, 2.05) is 13.8 Å². The highest BCUT2D eigenvalue weighted by atomic mass is 16.4. The second kappa shape index (κ2) is 6.19. The molecule has 6 heteroatoms. The predicted octanol–water partition coefficient (Wildman–Crippen LogP) is 1.40. The number of hydrogen-bond donors (Lipinski definition) is 4. The number of anilines is 1. The van der Waals surface area contributed by atoms with Crippen molar-refractivity contribution < 1.29 is 19.8 Å². The highest BCUT2D eigenvalue weighted by Crippen LogP contribution is 2.22. The lowest BCUT2D eigenvalue weighted by molar-refractivity contribution is -0.118. The smallest absolute Gasteiger partial charge is 0.339 e. The normalized spacial score (nSPS) is 13.6. The van der Waals surface area contributed by atoms with Gasteiger partial charge in [-0.15, -0.1) is 0 Å². The first-order chi connectivity index (χ1) is 8.86. The van der Waals surface area contributed by atoms with Crippen LogP contribution in [-0.2, 0) is 4.79 Å². The van der Waals surface area contributed by atoms with Gasteiger partial charge in [0.2, 0.25) is 5.91 Å². The first-order valence-corrected chi connectivity index (χ1v) is 5.99. The molecule has 0 aliphatic rings. The van der Waals surface area contributed by atoms with Crippen molar-refractivity contribution in [1.82, 2.24) is 0 Å².